The highest BCUT2D eigenvalue weighted by molar-refractivity contribution is 5.63. The van der Waals surface area contributed by atoms with E-state index >= 15 is 0 Å². The van der Waals surface area contributed by atoms with E-state index in [0.717, 1.165) is 48.6 Å². The monoisotopic (exact) mass is 358 g/mol. The Kier molecular flexibility index (Phi) is 5.94. The number of aromatic nitrogens is 3. The minimum Gasteiger partial charge on any atom is -0.492 e. The Hall–Kier alpha value is -1.92. The summed E-state index contributed by atoms with van der Waals surface area (Å²) in [6.07, 6.45) is 5.76. The number of hydrogen-bond acceptors (Lipinski definition) is 5. The van der Waals surface area contributed by atoms with Gasteiger partial charge in [-0.05, 0) is 70.8 Å². The molecule has 1 atom stereocenters. The van der Waals surface area contributed by atoms with Crippen LogP contribution in [0.1, 0.15) is 38.7 Å². The van der Waals surface area contributed by atoms with Crippen molar-refractivity contribution in [2.75, 3.05) is 20.3 Å². The van der Waals surface area contributed by atoms with Gasteiger partial charge in [-0.1, -0.05) is 5.21 Å². The molecule has 3 rings (SSSR count). The number of hydrogen-bond donors (Lipinski definition) is 1. The van der Waals surface area contributed by atoms with E-state index in [9.17, 15) is 0 Å². The summed E-state index contributed by atoms with van der Waals surface area (Å²) < 4.78 is 13.6. The summed E-state index contributed by atoms with van der Waals surface area (Å²) in [5, 5.41) is 11.9. The molecule has 6 nitrogen and oxygen atoms in total. The summed E-state index contributed by atoms with van der Waals surface area (Å²) in [5.41, 5.74) is 3.04. The Balaban J connectivity index is 1.65. The fourth-order valence-corrected chi connectivity index (χ4v) is 3.02. The van der Waals surface area contributed by atoms with Crippen LogP contribution in [0, 0.1) is 6.92 Å². The highest BCUT2D eigenvalue weighted by atomic mass is 16.5. The second-order valence-electron chi connectivity index (χ2n) is 7.71. The molecule has 26 heavy (non-hydrogen) atoms. The molecule has 0 aliphatic carbocycles. The summed E-state index contributed by atoms with van der Waals surface area (Å²) in [6.45, 7) is 8.54. The van der Waals surface area contributed by atoms with E-state index in [1.807, 2.05) is 24.0 Å². The smallest absolute Gasteiger partial charge is 0.119 e. The van der Waals surface area contributed by atoms with Crippen LogP contribution >= 0.6 is 0 Å². The summed E-state index contributed by atoms with van der Waals surface area (Å²) in [6, 6.07) is 6.12. The Morgan fingerprint density at radius 1 is 1.35 bits per heavy atom. The number of benzene rings is 1. The zero-order valence-corrected chi connectivity index (χ0v) is 16.3. The van der Waals surface area contributed by atoms with Gasteiger partial charge < -0.3 is 14.8 Å². The molecular weight excluding hydrogens is 328 g/mol. The second kappa shape index (κ2) is 8.18. The van der Waals surface area contributed by atoms with Crippen LogP contribution in [0.4, 0.5) is 0 Å². The van der Waals surface area contributed by atoms with Crippen molar-refractivity contribution in [3.63, 3.8) is 0 Å². The third kappa shape index (κ3) is 4.83. The summed E-state index contributed by atoms with van der Waals surface area (Å²) in [4.78, 5) is 0. The minimum absolute atomic E-state index is 0.0591. The molecule has 1 aliphatic heterocycles. The Morgan fingerprint density at radius 3 is 2.88 bits per heavy atom. The van der Waals surface area contributed by atoms with Gasteiger partial charge in [0.2, 0.25) is 0 Å². The van der Waals surface area contributed by atoms with Gasteiger partial charge in [-0.3, -0.25) is 0 Å². The zero-order chi connectivity index (χ0) is 18.6. The van der Waals surface area contributed by atoms with Crippen LogP contribution in [-0.4, -0.2) is 46.9 Å². The van der Waals surface area contributed by atoms with Crippen LogP contribution in [0.3, 0.4) is 0 Å². The van der Waals surface area contributed by atoms with Gasteiger partial charge in [0.15, 0.2) is 0 Å². The fourth-order valence-electron chi connectivity index (χ4n) is 3.02. The van der Waals surface area contributed by atoms with Crippen molar-refractivity contribution >= 4 is 0 Å². The first-order valence-corrected chi connectivity index (χ1v) is 9.41. The summed E-state index contributed by atoms with van der Waals surface area (Å²) in [7, 11) is 1.94. The van der Waals surface area contributed by atoms with Gasteiger partial charge in [0.05, 0.1) is 18.8 Å². The van der Waals surface area contributed by atoms with Crippen LogP contribution in [-0.2, 0) is 11.3 Å². The van der Waals surface area contributed by atoms with E-state index in [1.54, 1.807) is 0 Å². The molecule has 0 spiro atoms. The molecule has 1 aromatic carbocycles. The number of nitrogens with zero attached hydrogens (tertiary/aromatic N) is 3. The molecular formula is C20H30N4O2. The average Bonchev–Trinajstić information content (AvgIpc) is 3.09. The molecule has 142 valence electrons. The predicted octanol–water partition coefficient (Wildman–Crippen LogP) is 3.20. The number of rotatable bonds is 7. The molecule has 1 saturated heterocycles. The number of nitrogens with one attached hydrogen (secondary N) is 1. The van der Waals surface area contributed by atoms with E-state index in [-0.39, 0.29) is 11.6 Å². The third-order valence-electron chi connectivity index (χ3n) is 4.95. The van der Waals surface area contributed by atoms with Gasteiger partial charge in [0.1, 0.15) is 18.1 Å². The molecule has 0 amide bonds. The first kappa shape index (κ1) is 18.9. The topological polar surface area (TPSA) is 61.2 Å². The van der Waals surface area contributed by atoms with Crippen molar-refractivity contribution < 1.29 is 9.47 Å². The molecule has 2 heterocycles. The van der Waals surface area contributed by atoms with Crippen LogP contribution in [0.5, 0.6) is 5.75 Å². The Morgan fingerprint density at radius 2 is 2.19 bits per heavy atom. The average molecular weight is 358 g/mol. The van der Waals surface area contributed by atoms with E-state index in [0.29, 0.717) is 6.61 Å². The molecule has 0 unspecified atom stereocenters. The quantitative estimate of drug-likeness (QED) is 0.823. The van der Waals surface area contributed by atoms with Gasteiger partial charge in [-0.15, -0.1) is 5.10 Å². The third-order valence-corrected chi connectivity index (χ3v) is 4.95. The van der Waals surface area contributed by atoms with Crippen molar-refractivity contribution in [1.29, 1.82) is 0 Å². The van der Waals surface area contributed by atoms with Crippen molar-refractivity contribution in [3.05, 3.63) is 30.0 Å². The van der Waals surface area contributed by atoms with E-state index < -0.39 is 0 Å². The van der Waals surface area contributed by atoms with Crippen LogP contribution in [0.2, 0.25) is 0 Å². The molecule has 1 fully saturated rings. The molecule has 1 N–H and O–H groups in total. The van der Waals surface area contributed by atoms with Crippen molar-refractivity contribution in [1.82, 2.24) is 20.3 Å². The van der Waals surface area contributed by atoms with Gasteiger partial charge in [0, 0.05) is 17.7 Å². The largest absolute Gasteiger partial charge is 0.492 e. The van der Waals surface area contributed by atoms with E-state index in [4.69, 9.17) is 9.47 Å². The maximum atomic E-state index is 5.92. The SMILES string of the molecule is CNC(C)(C)COc1ccc(-c2cn(C[C@H]3CCCCO3)nn2)c(C)c1. The highest BCUT2D eigenvalue weighted by Gasteiger charge is 2.17. The zero-order valence-electron chi connectivity index (χ0n) is 16.3. The number of aryl methyl sites for hydroxylation is 1. The first-order chi connectivity index (χ1) is 12.5. The standard InChI is InChI=1S/C20H30N4O2/c1-15-11-16(26-14-20(2,3)21-4)8-9-18(15)19-13-24(23-22-19)12-17-7-5-6-10-25-17/h8-9,11,13,17,21H,5-7,10,12,14H2,1-4H3/t17-/m1/s1. The molecule has 0 saturated carbocycles. The van der Waals surface area contributed by atoms with Crippen LogP contribution < -0.4 is 10.1 Å². The van der Waals surface area contributed by atoms with Crippen LogP contribution in [0.25, 0.3) is 11.3 Å². The van der Waals surface area contributed by atoms with Gasteiger partial charge in [-0.2, -0.15) is 0 Å². The molecule has 1 aromatic heterocycles. The Bertz CT molecular complexity index is 720. The molecule has 1 aliphatic rings. The second-order valence-corrected chi connectivity index (χ2v) is 7.71. The normalized spacial score (nSPS) is 18.1. The minimum atomic E-state index is -0.0591. The van der Waals surface area contributed by atoms with Crippen LogP contribution in [0.15, 0.2) is 24.4 Å². The van der Waals surface area contributed by atoms with Crippen molar-refractivity contribution in [2.45, 2.75) is 58.2 Å². The molecule has 0 radical (unpaired) electrons. The maximum absolute atomic E-state index is 5.92. The summed E-state index contributed by atoms with van der Waals surface area (Å²) in [5.74, 6) is 0.873. The van der Waals surface area contributed by atoms with Crippen molar-refractivity contribution in [3.8, 4) is 17.0 Å². The molecule has 6 heteroatoms. The van der Waals surface area contributed by atoms with E-state index in [2.05, 4.69) is 48.5 Å². The van der Waals surface area contributed by atoms with Gasteiger partial charge in [-0.25, -0.2) is 4.68 Å². The number of likely N-dealkylation sites (N-methyl/N-ethyl adjacent to an activating group) is 1. The lowest BCUT2D eigenvalue weighted by Crippen LogP contribution is -2.42. The van der Waals surface area contributed by atoms with Gasteiger partial charge in [0.25, 0.3) is 0 Å². The highest BCUT2D eigenvalue weighted by Crippen LogP contribution is 2.26. The molecule has 0 bridgehead atoms. The van der Waals surface area contributed by atoms with Crippen molar-refractivity contribution in [2.24, 2.45) is 0 Å². The lowest BCUT2D eigenvalue weighted by Gasteiger charge is -2.24. The number of ether oxygens (including phenoxy) is 2. The maximum Gasteiger partial charge on any atom is 0.119 e. The lowest BCUT2D eigenvalue weighted by atomic mass is 10.1. The first-order valence-electron chi connectivity index (χ1n) is 9.41. The van der Waals surface area contributed by atoms with E-state index in [1.165, 1.54) is 6.42 Å². The summed E-state index contributed by atoms with van der Waals surface area (Å²) >= 11 is 0. The lowest BCUT2D eigenvalue weighted by molar-refractivity contribution is 0.00370. The fraction of sp³-hybridized carbons (Fsp3) is 0.600. The molecule has 2 aromatic rings. The Labute approximate surface area is 155 Å². The van der Waals surface area contributed by atoms with Gasteiger partial charge >= 0.3 is 0 Å². The predicted molar refractivity (Wildman–Crippen MR) is 102 cm³/mol.